The van der Waals surface area contributed by atoms with Crippen molar-refractivity contribution in [2.45, 2.75) is 13.5 Å². The summed E-state index contributed by atoms with van der Waals surface area (Å²) in [6.45, 7) is 5.31. The van der Waals surface area contributed by atoms with Crippen LogP contribution in [0.1, 0.15) is 21.8 Å². The second-order valence-electron chi connectivity index (χ2n) is 5.06. The molecular formula is C14H18N4O2S. The van der Waals surface area contributed by atoms with Gasteiger partial charge >= 0.3 is 0 Å². The van der Waals surface area contributed by atoms with Gasteiger partial charge in [-0.05, 0) is 13.0 Å². The van der Waals surface area contributed by atoms with Crippen LogP contribution < -0.4 is 10.6 Å². The summed E-state index contributed by atoms with van der Waals surface area (Å²) in [4.78, 5) is 20.9. The van der Waals surface area contributed by atoms with Crippen LogP contribution in [0, 0.1) is 6.92 Å². The van der Waals surface area contributed by atoms with E-state index in [1.165, 1.54) is 6.26 Å². The Balaban J connectivity index is 1.61. The SMILES string of the molecule is Cc1csc(N2CCN(C(=O)c3coc(CN)c3)CC2)n1. The van der Waals surface area contributed by atoms with E-state index in [0.717, 1.165) is 23.9 Å². The lowest BCUT2D eigenvalue weighted by Crippen LogP contribution is -2.48. The number of nitrogens with two attached hydrogens (primary N) is 1. The first-order valence-corrected chi connectivity index (χ1v) is 7.79. The van der Waals surface area contributed by atoms with Crippen molar-refractivity contribution in [3.8, 4) is 0 Å². The molecule has 0 spiro atoms. The smallest absolute Gasteiger partial charge is 0.257 e. The number of carbonyl (C=O) groups is 1. The molecule has 112 valence electrons. The average molecular weight is 306 g/mol. The van der Waals surface area contributed by atoms with Crippen LogP contribution >= 0.6 is 11.3 Å². The van der Waals surface area contributed by atoms with E-state index in [0.29, 0.717) is 31.0 Å². The Labute approximate surface area is 127 Å². The summed E-state index contributed by atoms with van der Waals surface area (Å²) < 4.78 is 5.23. The van der Waals surface area contributed by atoms with Gasteiger partial charge in [0.1, 0.15) is 12.0 Å². The summed E-state index contributed by atoms with van der Waals surface area (Å²) >= 11 is 1.65. The number of rotatable bonds is 3. The first-order chi connectivity index (χ1) is 10.2. The molecule has 2 aromatic rings. The zero-order valence-electron chi connectivity index (χ0n) is 11.9. The van der Waals surface area contributed by atoms with E-state index in [9.17, 15) is 4.79 Å². The first-order valence-electron chi connectivity index (χ1n) is 6.91. The van der Waals surface area contributed by atoms with Gasteiger partial charge in [0.15, 0.2) is 5.13 Å². The molecule has 1 aliphatic heterocycles. The van der Waals surface area contributed by atoms with Crippen LogP contribution in [-0.2, 0) is 6.54 Å². The number of thiazole rings is 1. The van der Waals surface area contributed by atoms with Crippen molar-refractivity contribution in [1.29, 1.82) is 0 Å². The molecule has 0 aliphatic carbocycles. The Kier molecular flexibility index (Phi) is 3.94. The molecule has 0 aromatic carbocycles. The van der Waals surface area contributed by atoms with Crippen LogP contribution in [0.2, 0.25) is 0 Å². The topological polar surface area (TPSA) is 75.6 Å². The summed E-state index contributed by atoms with van der Waals surface area (Å²) in [6, 6.07) is 1.72. The maximum absolute atomic E-state index is 12.4. The number of hydrogen-bond donors (Lipinski definition) is 1. The van der Waals surface area contributed by atoms with Crippen LogP contribution in [0.3, 0.4) is 0 Å². The first kappa shape index (κ1) is 14.1. The predicted octanol–water partition coefficient (Wildman–Crippen LogP) is 1.47. The van der Waals surface area contributed by atoms with Crippen LogP contribution in [0.4, 0.5) is 5.13 Å². The normalized spacial score (nSPS) is 15.5. The van der Waals surface area contributed by atoms with Gasteiger partial charge in [0.05, 0.1) is 17.8 Å². The summed E-state index contributed by atoms with van der Waals surface area (Å²) in [5.74, 6) is 0.642. The fraction of sp³-hybridized carbons (Fsp3) is 0.429. The highest BCUT2D eigenvalue weighted by molar-refractivity contribution is 7.13. The predicted molar refractivity (Wildman–Crippen MR) is 81.6 cm³/mol. The van der Waals surface area contributed by atoms with Gasteiger partial charge in [0.25, 0.3) is 5.91 Å². The maximum atomic E-state index is 12.4. The molecule has 0 saturated carbocycles. The Bertz CT molecular complexity index is 628. The van der Waals surface area contributed by atoms with Crippen molar-refractivity contribution in [2.75, 3.05) is 31.1 Å². The van der Waals surface area contributed by atoms with E-state index in [1.807, 2.05) is 17.2 Å². The van der Waals surface area contributed by atoms with Gasteiger partial charge in [-0.25, -0.2) is 4.98 Å². The molecule has 0 radical (unpaired) electrons. The minimum Gasteiger partial charge on any atom is -0.467 e. The van der Waals surface area contributed by atoms with Crippen molar-refractivity contribution in [2.24, 2.45) is 5.73 Å². The summed E-state index contributed by atoms with van der Waals surface area (Å²) in [7, 11) is 0. The third kappa shape index (κ3) is 2.93. The largest absolute Gasteiger partial charge is 0.467 e. The third-order valence-electron chi connectivity index (χ3n) is 3.55. The lowest BCUT2D eigenvalue weighted by Gasteiger charge is -2.34. The van der Waals surface area contributed by atoms with Gasteiger partial charge in [-0.1, -0.05) is 0 Å². The van der Waals surface area contributed by atoms with Crippen LogP contribution in [0.5, 0.6) is 0 Å². The van der Waals surface area contributed by atoms with E-state index in [-0.39, 0.29) is 5.91 Å². The molecule has 0 unspecified atom stereocenters. The second kappa shape index (κ2) is 5.87. The highest BCUT2D eigenvalue weighted by Gasteiger charge is 2.24. The van der Waals surface area contributed by atoms with Gasteiger partial charge in [-0.2, -0.15) is 0 Å². The van der Waals surface area contributed by atoms with E-state index in [4.69, 9.17) is 10.2 Å². The molecule has 1 aliphatic rings. The number of aryl methyl sites for hydroxylation is 1. The molecule has 0 atom stereocenters. The number of aromatic nitrogens is 1. The summed E-state index contributed by atoms with van der Waals surface area (Å²) in [5.41, 5.74) is 7.12. The van der Waals surface area contributed by atoms with Crippen LogP contribution in [0.25, 0.3) is 0 Å². The van der Waals surface area contributed by atoms with E-state index >= 15 is 0 Å². The lowest BCUT2D eigenvalue weighted by atomic mass is 10.2. The molecule has 1 fully saturated rings. The number of nitrogens with zero attached hydrogens (tertiary/aromatic N) is 3. The molecular weight excluding hydrogens is 288 g/mol. The second-order valence-corrected chi connectivity index (χ2v) is 5.89. The molecule has 3 heterocycles. The van der Waals surface area contributed by atoms with Gasteiger partial charge in [0, 0.05) is 31.6 Å². The Hall–Kier alpha value is -1.86. The molecule has 3 rings (SSSR count). The third-order valence-corrected chi connectivity index (χ3v) is 4.57. The minimum absolute atomic E-state index is 0.00780. The standard InChI is InChI=1S/C14H18N4O2S/c1-10-9-21-14(16-10)18-4-2-17(3-5-18)13(19)11-6-12(7-15)20-8-11/h6,8-9H,2-5,7,15H2,1H3. The minimum atomic E-state index is 0.00780. The van der Waals surface area contributed by atoms with Gasteiger partial charge < -0.3 is 20.0 Å². The van der Waals surface area contributed by atoms with Gasteiger partial charge in [-0.3, -0.25) is 4.79 Å². The molecule has 7 heteroatoms. The van der Waals surface area contributed by atoms with Gasteiger partial charge in [-0.15, -0.1) is 11.3 Å². The highest BCUT2D eigenvalue weighted by Crippen LogP contribution is 2.22. The molecule has 0 bridgehead atoms. The fourth-order valence-electron chi connectivity index (χ4n) is 2.37. The highest BCUT2D eigenvalue weighted by atomic mass is 32.1. The van der Waals surface area contributed by atoms with Crippen molar-refractivity contribution < 1.29 is 9.21 Å². The quantitative estimate of drug-likeness (QED) is 0.929. The Morgan fingerprint density at radius 2 is 2.19 bits per heavy atom. The van der Waals surface area contributed by atoms with E-state index in [2.05, 4.69) is 9.88 Å². The number of hydrogen-bond acceptors (Lipinski definition) is 6. The summed E-state index contributed by atoms with van der Waals surface area (Å²) in [6.07, 6.45) is 1.49. The molecule has 1 saturated heterocycles. The Morgan fingerprint density at radius 3 is 2.76 bits per heavy atom. The number of anilines is 1. The zero-order valence-corrected chi connectivity index (χ0v) is 12.7. The average Bonchev–Trinajstić information content (AvgIpc) is 3.15. The van der Waals surface area contributed by atoms with Crippen LogP contribution in [-0.4, -0.2) is 42.0 Å². The van der Waals surface area contributed by atoms with Gasteiger partial charge in [0.2, 0.25) is 0 Å². The van der Waals surface area contributed by atoms with E-state index < -0.39 is 0 Å². The summed E-state index contributed by atoms with van der Waals surface area (Å²) in [5, 5.41) is 3.08. The molecule has 2 aromatic heterocycles. The number of carbonyl (C=O) groups excluding carboxylic acids is 1. The monoisotopic (exact) mass is 306 g/mol. The maximum Gasteiger partial charge on any atom is 0.257 e. The Morgan fingerprint density at radius 1 is 1.43 bits per heavy atom. The van der Waals surface area contributed by atoms with Crippen molar-refractivity contribution in [3.63, 3.8) is 0 Å². The fourth-order valence-corrected chi connectivity index (χ4v) is 3.23. The van der Waals surface area contributed by atoms with Crippen molar-refractivity contribution in [1.82, 2.24) is 9.88 Å². The number of amides is 1. The van der Waals surface area contributed by atoms with E-state index in [1.54, 1.807) is 17.4 Å². The number of furan rings is 1. The molecule has 21 heavy (non-hydrogen) atoms. The molecule has 2 N–H and O–H groups in total. The number of piperazine rings is 1. The zero-order chi connectivity index (χ0) is 14.8. The molecule has 6 nitrogen and oxygen atoms in total. The van der Waals surface area contributed by atoms with Crippen molar-refractivity contribution in [3.05, 3.63) is 34.7 Å². The lowest BCUT2D eigenvalue weighted by molar-refractivity contribution is 0.0746. The molecule has 1 amide bonds. The van der Waals surface area contributed by atoms with Crippen LogP contribution in [0.15, 0.2) is 22.1 Å². The van der Waals surface area contributed by atoms with Crippen molar-refractivity contribution >= 4 is 22.4 Å².